The van der Waals surface area contributed by atoms with Crippen molar-refractivity contribution >= 4 is 33.3 Å². The molecule has 3 N–H and O–H groups in total. The minimum Gasteiger partial charge on any atom is -0.369 e. The van der Waals surface area contributed by atoms with Crippen molar-refractivity contribution in [2.24, 2.45) is 11.8 Å². The molecule has 0 spiro atoms. The Morgan fingerprint density at radius 3 is 3.12 bits per heavy atom. The van der Waals surface area contributed by atoms with Gasteiger partial charge in [0.15, 0.2) is 0 Å². The number of thiophene rings is 1. The van der Waals surface area contributed by atoms with Gasteiger partial charge >= 0.3 is 0 Å². The molecule has 1 saturated carbocycles. The molecule has 1 unspecified atom stereocenters. The lowest BCUT2D eigenvalue weighted by molar-refractivity contribution is 0.536. The van der Waals surface area contributed by atoms with Crippen molar-refractivity contribution in [1.29, 1.82) is 0 Å². The van der Waals surface area contributed by atoms with E-state index in [0.717, 1.165) is 28.5 Å². The maximum Gasteiger partial charge on any atom is 0.223 e. The van der Waals surface area contributed by atoms with Gasteiger partial charge in [-0.1, -0.05) is 6.92 Å². The van der Waals surface area contributed by atoms with Gasteiger partial charge < -0.3 is 11.1 Å². The largest absolute Gasteiger partial charge is 0.369 e. The first-order valence-electron chi connectivity index (χ1n) is 5.98. The molecular weight excluding hydrogens is 232 g/mol. The molecule has 3 rings (SSSR count). The maximum atomic E-state index is 5.71. The quantitative estimate of drug-likeness (QED) is 0.873. The van der Waals surface area contributed by atoms with Crippen molar-refractivity contribution in [2.45, 2.75) is 19.8 Å². The van der Waals surface area contributed by atoms with Gasteiger partial charge in [0, 0.05) is 6.54 Å². The Labute approximate surface area is 104 Å². The zero-order valence-corrected chi connectivity index (χ0v) is 10.6. The summed E-state index contributed by atoms with van der Waals surface area (Å²) in [5, 5.41) is 6.51. The van der Waals surface area contributed by atoms with Crippen molar-refractivity contribution in [3.05, 3.63) is 11.4 Å². The molecule has 0 bridgehead atoms. The third kappa shape index (κ3) is 2.20. The van der Waals surface area contributed by atoms with Gasteiger partial charge in [0.1, 0.15) is 10.6 Å². The van der Waals surface area contributed by atoms with Crippen LogP contribution in [0.2, 0.25) is 0 Å². The Morgan fingerprint density at radius 2 is 2.35 bits per heavy atom. The first kappa shape index (κ1) is 10.8. The van der Waals surface area contributed by atoms with Gasteiger partial charge in [0.2, 0.25) is 5.95 Å². The molecule has 1 aliphatic rings. The van der Waals surface area contributed by atoms with E-state index in [-0.39, 0.29) is 0 Å². The molecule has 0 radical (unpaired) electrons. The van der Waals surface area contributed by atoms with Crippen molar-refractivity contribution < 1.29 is 0 Å². The van der Waals surface area contributed by atoms with Crippen LogP contribution in [-0.4, -0.2) is 16.5 Å². The molecule has 1 atom stereocenters. The van der Waals surface area contributed by atoms with E-state index in [2.05, 4.69) is 22.2 Å². The van der Waals surface area contributed by atoms with Gasteiger partial charge in [-0.3, -0.25) is 0 Å². The minimum atomic E-state index is 0.349. The highest BCUT2D eigenvalue weighted by atomic mass is 32.1. The summed E-state index contributed by atoms with van der Waals surface area (Å²) in [6, 6.07) is 2.05. The van der Waals surface area contributed by atoms with E-state index >= 15 is 0 Å². The van der Waals surface area contributed by atoms with Crippen molar-refractivity contribution in [3.63, 3.8) is 0 Å². The SMILES string of the molecule is CC(CNc1nc(N)nc2sccc12)C1CC1. The van der Waals surface area contributed by atoms with Gasteiger partial charge in [0.05, 0.1) is 5.39 Å². The van der Waals surface area contributed by atoms with Crippen LogP contribution in [0, 0.1) is 11.8 Å². The van der Waals surface area contributed by atoms with Crippen LogP contribution in [0.15, 0.2) is 11.4 Å². The third-order valence-corrected chi connectivity index (χ3v) is 4.17. The summed E-state index contributed by atoms with van der Waals surface area (Å²) in [5.41, 5.74) is 5.71. The maximum absolute atomic E-state index is 5.71. The van der Waals surface area contributed by atoms with Crippen LogP contribution in [0.25, 0.3) is 10.2 Å². The fraction of sp³-hybridized carbons (Fsp3) is 0.500. The highest BCUT2D eigenvalue weighted by Gasteiger charge is 2.27. The van der Waals surface area contributed by atoms with E-state index in [1.807, 2.05) is 11.4 Å². The fourth-order valence-corrected chi connectivity index (χ4v) is 2.87. The first-order valence-corrected chi connectivity index (χ1v) is 6.86. The number of nitrogens with two attached hydrogens (primary N) is 1. The lowest BCUT2D eigenvalue weighted by Gasteiger charge is -2.12. The van der Waals surface area contributed by atoms with Crippen LogP contribution in [0.5, 0.6) is 0 Å². The summed E-state index contributed by atoms with van der Waals surface area (Å²) in [7, 11) is 0. The Bertz CT molecular complexity index is 532. The van der Waals surface area contributed by atoms with E-state index in [4.69, 9.17) is 5.73 Å². The Morgan fingerprint density at radius 1 is 1.53 bits per heavy atom. The van der Waals surface area contributed by atoms with Crippen LogP contribution in [0.3, 0.4) is 0 Å². The van der Waals surface area contributed by atoms with Crippen LogP contribution in [-0.2, 0) is 0 Å². The van der Waals surface area contributed by atoms with Crippen LogP contribution >= 0.6 is 11.3 Å². The monoisotopic (exact) mass is 248 g/mol. The van der Waals surface area contributed by atoms with Gasteiger partial charge in [-0.15, -0.1) is 11.3 Å². The van der Waals surface area contributed by atoms with Crippen LogP contribution < -0.4 is 11.1 Å². The van der Waals surface area contributed by atoms with Gasteiger partial charge in [-0.25, -0.2) is 4.98 Å². The molecule has 5 heteroatoms. The smallest absolute Gasteiger partial charge is 0.223 e. The zero-order valence-electron chi connectivity index (χ0n) is 9.81. The topological polar surface area (TPSA) is 63.8 Å². The summed E-state index contributed by atoms with van der Waals surface area (Å²) in [6.45, 7) is 3.26. The molecule has 1 fully saturated rings. The van der Waals surface area contributed by atoms with Crippen LogP contribution in [0.1, 0.15) is 19.8 Å². The van der Waals surface area contributed by atoms with E-state index in [0.29, 0.717) is 11.9 Å². The lowest BCUT2D eigenvalue weighted by atomic mass is 10.1. The third-order valence-electron chi connectivity index (χ3n) is 3.36. The summed E-state index contributed by atoms with van der Waals surface area (Å²) in [5.74, 6) is 2.84. The molecule has 0 saturated heterocycles. The van der Waals surface area contributed by atoms with Crippen molar-refractivity contribution in [1.82, 2.24) is 9.97 Å². The predicted octanol–water partition coefficient (Wildman–Crippen LogP) is 2.73. The number of nitrogen functional groups attached to an aromatic ring is 1. The Balaban J connectivity index is 1.80. The zero-order chi connectivity index (χ0) is 11.8. The van der Waals surface area contributed by atoms with Gasteiger partial charge in [-0.2, -0.15) is 4.98 Å². The van der Waals surface area contributed by atoms with E-state index < -0.39 is 0 Å². The molecule has 0 aromatic carbocycles. The molecule has 2 aromatic rings. The molecule has 17 heavy (non-hydrogen) atoms. The number of fused-ring (bicyclic) bond motifs is 1. The number of nitrogens with one attached hydrogen (secondary N) is 1. The van der Waals surface area contributed by atoms with Gasteiger partial charge in [0.25, 0.3) is 0 Å². The fourth-order valence-electron chi connectivity index (χ4n) is 2.10. The molecular formula is C12H16N4S. The Kier molecular flexibility index (Phi) is 2.63. The van der Waals surface area contributed by atoms with E-state index in [1.165, 1.54) is 12.8 Å². The second-order valence-corrected chi connectivity index (χ2v) is 5.66. The normalized spacial score (nSPS) is 17.2. The number of aromatic nitrogens is 2. The second kappa shape index (κ2) is 4.14. The predicted molar refractivity (Wildman–Crippen MR) is 72.2 cm³/mol. The highest BCUT2D eigenvalue weighted by Crippen LogP contribution is 2.36. The average Bonchev–Trinajstić information content (AvgIpc) is 3.05. The van der Waals surface area contributed by atoms with Crippen molar-refractivity contribution in [3.8, 4) is 0 Å². The lowest BCUT2D eigenvalue weighted by Crippen LogP contribution is -2.14. The standard InChI is InChI=1S/C12H16N4S/c1-7(8-2-3-8)6-14-10-9-4-5-17-11(9)16-12(13)15-10/h4-5,7-8H,2-3,6H2,1H3,(H3,13,14,15,16). The molecule has 0 aliphatic heterocycles. The molecule has 2 aromatic heterocycles. The molecule has 1 aliphatic carbocycles. The molecule has 90 valence electrons. The summed E-state index contributed by atoms with van der Waals surface area (Å²) in [4.78, 5) is 9.46. The number of hydrogen-bond acceptors (Lipinski definition) is 5. The number of rotatable bonds is 4. The second-order valence-electron chi connectivity index (χ2n) is 4.77. The molecule has 4 nitrogen and oxygen atoms in total. The van der Waals surface area contributed by atoms with E-state index in [9.17, 15) is 0 Å². The Hall–Kier alpha value is -1.36. The van der Waals surface area contributed by atoms with Gasteiger partial charge in [-0.05, 0) is 36.1 Å². The summed E-state index contributed by atoms with van der Waals surface area (Å²) < 4.78 is 0. The average molecular weight is 248 g/mol. The summed E-state index contributed by atoms with van der Waals surface area (Å²) in [6.07, 6.45) is 2.76. The minimum absolute atomic E-state index is 0.349. The van der Waals surface area contributed by atoms with E-state index in [1.54, 1.807) is 11.3 Å². The summed E-state index contributed by atoms with van der Waals surface area (Å²) >= 11 is 1.60. The molecule has 2 heterocycles. The number of hydrogen-bond donors (Lipinski definition) is 2. The number of anilines is 2. The highest BCUT2D eigenvalue weighted by molar-refractivity contribution is 7.16. The van der Waals surface area contributed by atoms with Crippen LogP contribution in [0.4, 0.5) is 11.8 Å². The number of nitrogens with zero attached hydrogens (tertiary/aromatic N) is 2. The molecule has 0 amide bonds. The van der Waals surface area contributed by atoms with Crippen molar-refractivity contribution in [2.75, 3.05) is 17.6 Å². The first-order chi connectivity index (χ1) is 8.24.